The highest BCUT2D eigenvalue weighted by Gasteiger charge is 2.11. The Balaban J connectivity index is 3.81. The van der Waals surface area contributed by atoms with Gasteiger partial charge in [-0.1, -0.05) is 6.58 Å². The van der Waals surface area contributed by atoms with Gasteiger partial charge in [-0.15, -0.1) is 0 Å². The molecule has 6 nitrogen and oxygen atoms in total. The van der Waals surface area contributed by atoms with E-state index in [1.807, 2.05) is 0 Å². The minimum Gasteiger partial charge on any atom is -0.460 e. The maximum absolute atomic E-state index is 10.8. The number of carbonyl (C=O) groups is 1. The summed E-state index contributed by atoms with van der Waals surface area (Å²) in [5, 5.41) is 9.13. The summed E-state index contributed by atoms with van der Waals surface area (Å²) < 4.78 is 27.7. The molecule has 0 amide bonds. The Morgan fingerprint density at radius 1 is 1.60 bits per heavy atom. The number of rotatable bonds is 6. The van der Waals surface area contributed by atoms with E-state index in [9.17, 15) is 9.00 Å². The maximum Gasteiger partial charge on any atom is 0.333 e. The van der Waals surface area contributed by atoms with Crippen molar-refractivity contribution in [2.24, 2.45) is 0 Å². The second kappa shape index (κ2) is 6.13. The molecule has 0 bridgehead atoms. The SMILES string of the molecule is C=C(C)C(=O)OCC(O)COS(=O)(O)=S. The Labute approximate surface area is 92.6 Å². The molecule has 0 aliphatic heterocycles. The molecule has 0 fully saturated rings. The van der Waals surface area contributed by atoms with Crippen molar-refractivity contribution in [3.63, 3.8) is 0 Å². The zero-order valence-corrected chi connectivity index (χ0v) is 9.68. The molecule has 0 aliphatic rings. The number of hydrogen-bond donors (Lipinski definition) is 2. The van der Waals surface area contributed by atoms with Gasteiger partial charge < -0.3 is 9.84 Å². The molecule has 0 aromatic carbocycles. The smallest absolute Gasteiger partial charge is 0.333 e. The van der Waals surface area contributed by atoms with Crippen molar-refractivity contribution >= 4 is 26.2 Å². The van der Waals surface area contributed by atoms with Crippen molar-refractivity contribution in [1.29, 1.82) is 0 Å². The van der Waals surface area contributed by atoms with E-state index in [2.05, 4.69) is 26.7 Å². The number of aliphatic hydroxyl groups excluding tert-OH is 1. The van der Waals surface area contributed by atoms with E-state index in [0.717, 1.165) is 0 Å². The molecule has 8 heteroatoms. The van der Waals surface area contributed by atoms with Crippen LogP contribution in [0, 0.1) is 0 Å². The summed E-state index contributed by atoms with van der Waals surface area (Å²) in [7, 11) is -3.76. The van der Waals surface area contributed by atoms with Crippen molar-refractivity contribution in [3.8, 4) is 0 Å². The van der Waals surface area contributed by atoms with Gasteiger partial charge in [0.1, 0.15) is 12.7 Å². The monoisotopic (exact) mass is 256 g/mol. The molecule has 0 aromatic rings. The van der Waals surface area contributed by atoms with Crippen LogP contribution in [0.3, 0.4) is 0 Å². The van der Waals surface area contributed by atoms with E-state index in [-0.39, 0.29) is 12.2 Å². The van der Waals surface area contributed by atoms with Crippen LogP contribution < -0.4 is 0 Å². The third kappa shape index (κ3) is 8.45. The molecular formula is C7H12O6S2. The third-order valence-corrected chi connectivity index (χ3v) is 1.89. The fourth-order valence-electron chi connectivity index (χ4n) is 0.508. The fourth-order valence-corrected chi connectivity index (χ4v) is 1.00. The molecule has 2 atom stereocenters. The zero-order valence-electron chi connectivity index (χ0n) is 8.04. The van der Waals surface area contributed by atoms with Crippen LogP contribution >= 0.6 is 0 Å². The summed E-state index contributed by atoms with van der Waals surface area (Å²) in [4.78, 5) is 10.8. The number of hydrogen-bond acceptors (Lipinski definition) is 6. The van der Waals surface area contributed by atoms with E-state index in [1.165, 1.54) is 6.92 Å². The number of aliphatic hydroxyl groups is 1. The van der Waals surface area contributed by atoms with Crippen molar-refractivity contribution in [2.45, 2.75) is 13.0 Å². The van der Waals surface area contributed by atoms with Crippen LogP contribution in [0.25, 0.3) is 0 Å². The Bertz CT molecular complexity index is 333. The van der Waals surface area contributed by atoms with E-state index in [1.54, 1.807) is 0 Å². The predicted molar refractivity (Wildman–Crippen MR) is 55.9 cm³/mol. The van der Waals surface area contributed by atoms with E-state index in [0.29, 0.717) is 0 Å². The average molecular weight is 256 g/mol. The van der Waals surface area contributed by atoms with Crippen LogP contribution in [0.15, 0.2) is 12.2 Å². The zero-order chi connectivity index (χ0) is 12.1. The average Bonchev–Trinajstić information content (AvgIpc) is 2.09. The lowest BCUT2D eigenvalue weighted by molar-refractivity contribution is -0.142. The molecule has 0 heterocycles. The largest absolute Gasteiger partial charge is 0.460 e. The highest BCUT2D eigenvalue weighted by molar-refractivity contribution is 8.27. The quantitative estimate of drug-likeness (QED) is 0.494. The van der Waals surface area contributed by atoms with Crippen LogP contribution in [0.1, 0.15) is 6.92 Å². The fraction of sp³-hybridized carbons (Fsp3) is 0.571. The summed E-state index contributed by atoms with van der Waals surface area (Å²) in [6.07, 6.45) is -1.20. The van der Waals surface area contributed by atoms with Gasteiger partial charge in [0.05, 0.1) is 6.61 Å². The van der Waals surface area contributed by atoms with Crippen LogP contribution in [0.2, 0.25) is 0 Å². The lowest BCUT2D eigenvalue weighted by Gasteiger charge is -2.10. The summed E-state index contributed by atoms with van der Waals surface area (Å²) in [5.74, 6) is -0.655. The molecule has 0 saturated carbocycles. The van der Waals surface area contributed by atoms with Gasteiger partial charge in [0.15, 0.2) is 0 Å². The maximum atomic E-state index is 10.8. The molecule has 0 rings (SSSR count). The third-order valence-electron chi connectivity index (χ3n) is 1.16. The summed E-state index contributed by atoms with van der Waals surface area (Å²) in [6, 6.07) is 0. The molecule has 0 spiro atoms. The molecule has 0 saturated heterocycles. The molecule has 0 radical (unpaired) electrons. The van der Waals surface area contributed by atoms with Crippen molar-refractivity contribution in [1.82, 2.24) is 0 Å². The van der Waals surface area contributed by atoms with Gasteiger partial charge in [-0.2, -0.15) is 4.21 Å². The van der Waals surface area contributed by atoms with Crippen molar-refractivity contribution in [3.05, 3.63) is 12.2 Å². The Hall–Kier alpha value is -0.540. The summed E-state index contributed by atoms with van der Waals surface area (Å²) in [5.41, 5.74) is 0.192. The molecule has 2 unspecified atom stereocenters. The standard InChI is InChI=1S/C7H12O6S2/c1-5(2)7(9)12-3-6(8)4-13-15(10,11)14/h6,8H,1,3-4H2,2H3,(H,10,11,14). The summed E-state index contributed by atoms with van der Waals surface area (Å²) >= 11 is 4.01. The van der Waals surface area contributed by atoms with Crippen LogP contribution in [0.5, 0.6) is 0 Å². The lowest BCUT2D eigenvalue weighted by Crippen LogP contribution is -2.25. The molecular weight excluding hydrogens is 244 g/mol. The van der Waals surface area contributed by atoms with Gasteiger partial charge in [-0.3, -0.25) is 8.74 Å². The minimum atomic E-state index is -3.76. The number of esters is 1. The van der Waals surface area contributed by atoms with Crippen LogP contribution in [-0.4, -0.2) is 39.2 Å². The Kier molecular flexibility index (Phi) is 5.91. The van der Waals surface area contributed by atoms with E-state index >= 15 is 0 Å². The van der Waals surface area contributed by atoms with Crippen molar-refractivity contribution in [2.75, 3.05) is 13.2 Å². The van der Waals surface area contributed by atoms with Gasteiger partial charge in [-0.25, -0.2) is 4.79 Å². The minimum absolute atomic E-state index is 0.192. The highest BCUT2D eigenvalue weighted by Crippen LogP contribution is 1.96. The molecule has 2 N–H and O–H groups in total. The first-order valence-electron chi connectivity index (χ1n) is 3.85. The van der Waals surface area contributed by atoms with Gasteiger partial charge in [0, 0.05) is 16.8 Å². The predicted octanol–water partition coefficient (Wildman–Crippen LogP) is -0.382. The second-order valence-electron chi connectivity index (χ2n) is 2.74. The summed E-state index contributed by atoms with van der Waals surface area (Å²) in [6.45, 7) is 3.95. The number of carbonyl (C=O) groups excluding carboxylic acids is 1. The topological polar surface area (TPSA) is 93.1 Å². The van der Waals surface area contributed by atoms with E-state index < -0.39 is 27.7 Å². The van der Waals surface area contributed by atoms with Gasteiger partial charge in [0.2, 0.25) is 0 Å². The van der Waals surface area contributed by atoms with Gasteiger partial charge in [0.25, 0.3) is 9.05 Å². The van der Waals surface area contributed by atoms with Gasteiger partial charge in [-0.05, 0) is 6.92 Å². The van der Waals surface area contributed by atoms with E-state index in [4.69, 9.17) is 9.66 Å². The molecule has 88 valence electrons. The van der Waals surface area contributed by atoms with Crippen LogP contribution in [0.4, 0.5) is 0 Å². The second-order valence-corrected chi connectivity index (χ2v) is 5.10. The first kappa shape index (κ1) is 14.5. The lowest BCUT2D eigenvalue weighted by atomic mass is 10.3. The normalized spacial score (nSPS) is 16.5. The highest BCUT2D eigenvalue weighted by atomic mass is 32.9. The molecule has 0 aromatic heterocycles. The number of ether oxygens (including phenoxy) is 1. The Morgan fingerprint density at radius 3 is 2.53 bits per heavy atom. The van der Waals surface area contributed by atoms with Crippen molar-refractivity contribution < 1.29 is 27.6 Å². The molecule has 15 heavy (non-hydrogen) atoms. The Morgan fingerprint density at radius 2 is 2.13 bits per heavy atom. The first-order valence-corrected chi connectivity index (χ1v) is 6.21. The molecule has 0 aliphatic carbocycles. The first-order chi connectivity index (χ1) is 6.72. The van der Waals surface area contributed by atoms with Crippen LogP contribution in [-0.2, 0) is 34.0 Å². The van der Waals surface area contributed by atoms with Gasteiger partial charge >= 0.3 is 5.97 Å².